The van der Waals surface area contributed by atoms with Gasteiger partial charge in [0.2, 0.25) is 0 Å². The Balaban J connectivity index is 1.71. The summed E-state index contributed by atoms with van der Waals surface area (Å²) in [6.45, 7) is 7.06. The van der Waals surface area contributed by atoms with Crippen LogP contribution in [0.4, 0.5) is 0 Å². The summed E-state index contributed by atoms with van der Waals surface area (Å²) < 4.78 is 5.61. The van der Waals surface area contributed by atoms with Crippen LogP contribution in [0.3, 0.4) is 0 Å². The van der Waals surface area contributed by atoms with Gasteiger partial charge in [-0.05, 0) is 43.9 Å². The molecule has 2 aromatic rings. The highest BCUT2D eigenvalue weighted by atomic mass is 16.5. The minimum Gasteiger partial charge on any atom is -0.378 e. The topological polar surface area (TPSA) is 34.1 Å². The minimum atomic E-state index is 0.387. The normalized spacial score (nSPS) is 22.5. The van der Waals surface area contributed by atoms with Gasteiger partial charge in [0.05, 0.1) is 11.6 Å². The van der Waals surface area contributed by atoms with E-state index in [0.29, 0.717) is 12.0 Å². The number of nitrogens with one attached hydrogen (secondary N) is 1. The van der Waals surface area contributed by atoms with E-state index in [4.69, 9.17) is 4.74 Å². The number of para-hydroxylation sites is 1. The molecule has 1 aliphatic rings. The highest BCUT2D eigenvalue weighted by Gasteiger charge is 2.23. The molecule has 1 aromatic carbocycles. The molecule has 1 N–H and O–H groups in total. The molecule has 3 nitrogen and oxygen atoms in total. The first-order valence-corrected chi connectivity index (χ1v) is 7.41. The zero-order valence-corrected chi connectivity index (χ0v) is 12.2. The summed E-state index contributed by atoms with van der Waals surface area (Å²) in [6, 6.07) is 10.5. The van der Waals surface area contributed by atoms with Crippen molar-refractivity contribution in [3.8, 4) is 0 Å². The average Bonchev–Trinajstić information content (AvgIpc) is 2.84. The molecule has 2 unspecified atom stereocenters. The molecule has 0 saturated carbocycles. The fraction of sp³-hybridized carbons (Fsp3) is 0.471. The van der Waals surface area contributed by atoms with Crippen molar-refractivity contribution in [2.24, 2.45) is 5.92 Å². The van der Waals surface area contributed by atoms with Gasteiger partial charge in [-0.15, -0.1) is 0 Å². The molecule has 2 heterocycles. The van der Waals surface area contributed by atoms with E-state index in [1.54, 1.807) is 0 Å². The van der Waals surface area contributed by atoms with Crippen molar-refractivity contribution in [2.45, 2.75) is 32.9 Å². The Hall–Kier alpha value is -1.45. The second-order valence-corrected chi connectivity index (χ2v) is 5.70. The minimum absolute atomic E-state index is 0.387. The van der Waals surface area contributed by atoms with Crippen molar-refractivity contribution in [3.63, 3.8) is 0 Å². The Morgan fingerprint density at radius 3 is 3.00 bits per heavy atom. The van der Waals surface area contributed by atoms with Gasteiger partial charge < -0.3 is 10.1 Å². The molecule has 106 valence electrons. The van der Waals surface area contributed by atoms with Crippen LogP contribution >= 0.6 is 0 Å². The van der Waals surface area contributed by atoms with Crippen LogP contribution in [-0.4, -0.2) is 24.2 Å². The number of benzene rings is 1. The second kappa shape index (κ2) is 5.90. The van der Waals surface area contributed by atoms with Gasteiger partial charge in [-0.3, -0.25) is 4.98 Å². The van der Waals surface area contributed by atoms with Crippen LogP contribution in [-0.2, 0) is 11.3 Å². The summed E-state index contributed by atoms with van der Waals surface area (Å²) in [5.41, 5.74) is 3.50. The Bertz CT molecular complexity index is 597. The zero-order valence-electron chi connectivity index (χ0n) is 12.2. The summed E-state index contributed by atoms with van der Waals surface area (Å²) in [4.78, 5) is 4.59. The number of fused-ring (bicyclic) bond motifs is 1. The third kappa shape index (κ3) is 2.84. The second-order valence-electron chi connectivity index (χ2n) is 5.70. The molecule has 0 amide bonds. The smallest absolute Gasteiger partial charge is 0.0708 e. The van der Waals surface area contributed by atoms with Crippen molar-refractivity contribution in [3.05, 3.63) is 41.6 Å². The predicted molar refractivity (Wildman–Crippen MR) is 81.7 cm³/mol. The highest BCUT2D eigenvalue weighted by molar-refractivity contribution is 5.82. The molecule has 2 atom stereocenters. The van der Waals surface area contributed by atoms with E-state index in [1.165, 1.54) is 17.4 Å². The molecular formula is C17H22N2O. The van der Waals surface area contributed by atoms with E-state index in [1.807, 2.05) is 6.07 Å². The molecule has 0 radical (unpaired) electrons. The summed E-state index contributed by atoms with van der Waals surface area (Å²) in [7, 11) is 0. The summed E-state index contributed by atoms with van der Waals surface area (Å²) >= 11 is 0. The summed E-state index contributed by atoms with van der Waals surface area (Å²) in [6.07, 6.45) is 1.56. The van der Waals surface area contributed by atoms with Gasteiger partial charge in [0, 0.05) is 30.8 Å². The van der Waals surface area contributed by atoms with E-state index < -0.39 is 0 Å². The highest BCUT2D eigenvalue weighted by Crippen LogP contribution is 2.21. The molecule has 1 aromatic heterocycles. The van der Waals surface area contributed by atoms with Gasteiger partial charge in [-0.1, -0.05) is 18.2 Å². The fourth-order valence-electron chi connectivity index (χ4n) is 2.98. The number of hydrogen-bond donors (Lipinski definition) is 1. The van der Waals surface area contributed by atoms with Gasteiger partial charge in [0.25, 0.3) is 0 Å². The predicted octanol–water partition coefficient (Wildman–Crippen LogP) is 3.06. The molecular weight excluding hydrogens is 248 g/mol. The lowest BCUT2D eigenvalue weighted by molar-refractivity contribution is 0.105. The third-order valence-corrected chi connectivity index (χ3v) is 4.19. The van der Waals surface area contributed by atoms with Crippen LogP contribution in [0.25, 0.3) is 10.9 Å². The van der Waals surface area contributed by atoms with Crippen molar-refractivity contribution in [1.82, 2.24) is 10.3 Å². The Kier molecular flexibility index (Phi) is 3.99. The van der Waals surface area contributed by atoms with Crippen molar-refractivity contribution in [2.75, 3.05) is 13.2 Å². The van der Waals surface area contributed by atoms with Gasteiger partial charge >= 0.3 is 0 Å². The van der Waals surface area contributed by atoms with Gasteiger partial charge in [-0.2, -0.15) is 0 Å². The van der Waals surface area contributed by atoms with Crippen LogP contribution in [0, 0.1) is 12.8 Å². The molecule has 3 heteroatoms. The maximum absolute atomic E-state index is 5.61. The maximum Gasteiger partial charge on any atom is 0.0708 e. The molecule has 1 saturated heterocycles. The van der Waals surface area contributed by atoms with E-state index in [-0.39, 0.29) is 0 Å². The lowest BCUT2D eigenvalue weighted by atomic mass is 10.0. The van der Waals surface area contributed by atoms with Gasteiger partial charge in [0.15, 0.2) is 0 Å². The van der Waals surface area contributed by atoms with Crippen LogP contribution in [0.5, 0.6) is 0 Å². The van der Waals surface area contributed by atoms with Crippen molar-refractivity contribution in [1.29, 1.82) is 0 Å². The van der Waals surface area contributed by atoms with Gasteiger partial charge in [-0.25, -0.2) is 0 Å². The maximum atomic E-state index is 5.61. The lowest BCUT2D eigenvalue weighted by Gasteiger charge is -2.15. The van der Waals surface area contributed by atoms with Crippen LogP contribution < -0.4 is 5.32 Å². The fourth-order valence-corrected chi connectivity index (χ4v) is 2.98. The number of ether oxygens (including phenoxy) is 1. The van der Waals surface area contributed by atoms with Gasteiger partial charge in [0.1, 0.15) is 0 Å². The molecule has 1 aliphatic heterocycles. The quantitative estimate of drug-likeness (QED) is 0.927. The zero-order chi connectivity index (χ0) is 13.9. The first-order valence-electron chi connectivity index (χ1n) is 7.41. The standard InChI is InChI=1S/C17H22N2O/c1-12-9-15(16-5-3-4-6-17(16)19-12)11-18-10-14-7-8-20-13(14)2/h3-6,9,13-14,18H,7-8,10-11H2,1-2H3. The number of rotatable bonds is 4. The molecule has 0 spiro atoms. The number of nitrogens with zero attached hydrogens (tertiary/aromatic N) is 1. The molecule has 0 aliphatic carbocycles. The Labute approximate surface area is 120 Å². The van der Waals surface area contributed by atoms with Crippen molar-refractivity contribution >= 4 is 10.9 Å². The molecule has 20 heavy (non-hydrogen) atoms. The third-order valence-electron chi connectivity index (χ3n) is 4.19. The number of aromatic nitrogens is 1. The lowest BCUT2D eigenvalue weighted by Crippen LogP contribution is -2.26. The first kappa shape index (κ1) is 13.5. The van der Waals surface area contributed by atoms with E-state index in [2.05, 4.69) is 48.4 Å². The number of aryl methyl sites for hydroxylation is 1. The summed E-state index contributed by atoms with van der Waals surface area (Å²) in [5.74, 6) is 0.643. The average molecular weight is 270 g/mol. The summed E-state index contributed by atoms with van der Waals surface area (Å²) in [5, 5.41) is 4.84. The Morgan fingerprint density at radius 1 is 1.35 bits per heavy atom. The SMILES string of the molecule is Cc1cc(CNCC2CCOC2C)c2ccccc2n1. The van der Waals surface area contributed by atoms with Crippen LogP contribution in [0.1, 0.15) is 24.6 Å². The molecule has 1 fully saturated rings. The van der Waals surface area contributed by atoms with E-state index >= 15 is 0 Å². The molecule has 3 rings (SSSR count). The molecule has 0 bridgehead atoms. The largest absolute Gasteiger partial charge is 0.378 e. The number of hydrogen-bond acceptors (Lipinski definition) is 3. The van der Waals surface area contributed by atoms with E-state index in [0.717, 1.165) is 30.9 Å². The first-order chi connectivity index (χ1) is 9.74. The van der Waals surface area contributed by atoms with Crippen LogP contribution in [0.2, 0.25) is 0 Å². The van der Waals surface area contributed by atoms with E-state index in [9.17, 15) is 0 Å². The monoisotopic (exact) mass is 270 g/mol. The van der Waals surface area contributed by atoms with Crippen molar-refractivity contribution < 1.29 is 4.74 Å². The van der Waals surface area contributed by atoms with Crippen LogP contribution in [0.15, 0.2) is 30.3 Å². The number of pyridine rings is 1. The Morgan fingerprint density at radius 2 is 2.20 bits per heavy atom.